The number of halogens is 2. The lowest BCUT2D eigenvalue weighted by molar-refractivity contribution is 0.170. The Morgan fingerprint density at radius 3 is 1.92 bits per heavy atom. The van der Waals surface area contributed by atoms with E-state index in [0.29, 0.717) is 0 Å². The summed E-state index contributed by atoms with van der Waals surface area (Å²) in [5, 5.41) is 0. The van der Waals surface area contributed by atoms with Gasteiger partial charge in [-0.2, -0.15) is 8.78 Å². The van der Waals surface area contributed by atoms with Crippen molar-refractivity contribution < 1.29 is 8.78 Å². The third-order valence-corrected chi connectivity index (χ3v) is 6.48. The Balaban J connectivity index is 1.48. The molecule has 0 nitrogen and oxygen atoms in total. The van der Waals surface area contributed by atoms with Gasteiger partial charge in [0.15, 0.2) is 0 Å². The lowest BCUT2D eigenvalue weighted by Crippen LogP contribution is -2.25. The van der Waals surface area contributed by atoms with Crippen molar-refractivity contribution in [3.8, 4) is 0 Å². The van der Waals surface area contributed by atoms with Crippen LogP contribution in [-0.2, 0) is 6.42 Å². The molecule has 0 aromatic heterocycles. The first-order valence-electron chi connectivity index (χ1n) is 9.77. The zero-order valence-electron chi connectivity index (χ0n) is 14.8. The molecule has 24 heavy (non-hydrogen) atoms. The van der Waals surface area contributed by atoms with Crippen LogP contribution in [-0.4, -0.2) is 0 Å². The molecule has 2 saturated carbocycles. The normalized spacial score (nSPS) is 30.8. The zero-order valence-corrected chi connectivity index (χ0v) is 14.8. The fourth-order valence-electron chi connectivity index (χ4n) is 4.91. The largest absolute Gasteiger partial charge is 0.266 e. The summed E-state index contributed by atoms with van der Waals surface area (Å²) in [5.74, 6) is 2.46. The summed E-state index contributed by atoms with van der Waals surface area (Å²) in [6, 6.07) is 9.21. The van der Waals surface area contributed by atoms with Crippen LogP contribution in [0.5, 0.6) is 0 Å². The number of benzene rings is 1. The maximum Gasteiger partial charge on any atom is 0.266 e. The summed E-state index contributed by atoms with van der Waals surface area (Å²) >= 11 is 0. The Bertz CT molecular complexity index is 526. The van der Waals surface area contributed by atoms with E-state index in [1.807, 2.05) is 0 Å². The highest BCUT2D eigenvalue weighted by Gasteiger charge is 2.31. The van der Waals surface area contributed by atoms with E-state index in [-0.39, 0.29) is 5.92 Å². The van der Waals surface area contributed by atoms with Crippen LogP contribution in [0.2, 0.25) is 0 Å². The Hall–Kier alpha value is -1.18. The van der Waals surface area contributed by atoms with Gasteiger partial charge in [-0.3, -0.25) is 0 Å². The molecule has 0 bridgehead atoms. The molecule has 2 aliphatic carbocycles. The minimum atomic E-state index is -1.49. The molecule has 1 aromatic carbocycles. The van der Waals surface area contributed by atoms with Crippen molar-refractivity contribution in [1.82, 2.24) is 0 Å². The summed E-state index contributed by atoms with van der Waals surface area (Å²) in [6.45, 7) is 2.20. The minimum absolute atomic E-state index is 0.125. The summed E-state index contributed by atoms with van der Waals surface area (Å²) in [7, 11) is 0. The second-order valence-electron chi connectivity index (χ2n) is 7.84. The lowest BCUT2D eigenvalue weighted by atomic mass is 9.68. The molecule has 0 heterocycles. The van der Waals surface area contributed by atoms with E-state index in [1.54, 1.807) is 0 Å². The minimum Gasteiger partial charge on any atom is -0.174 e. The van der Waals surface area contributed by atoms with Crippen LogP contribution in [0.25, 0.3) is 0 Å². The van der Waals surface area contributed by atoms with Crippen molar-refractivity contribution in [2.75, 3.05) is 0 Å². The lowest BCUT2D eigenvalue weighted by Gasteiger charge is -2.37. The van der Waals surface area contributed by atoms with E-state index in [1.165, 1.54) is 42.9 Å². The third-order valence-electron chi connectivity index (χ3n) is 6.48. The van der Waals surface area contributed by atoms with Crippen LogP contribution in [0, 0.1) is 17.8 Å². The summed E-state index contributed by atoms with van der Waals surface area (Å²) in [5.41, 5.74) is 2.93. The highest BCUT2D eigenvalue weighted by Crippen LogP contribution is 2.44. The monoisotopic (exact) mass is 332 g/mol. The average molecular weight is 332 g/mol. The van der Waals surface area contributed by atoms with Crippen LogP contribution in [0.4, 0.5) is 8.78 Å². The fraction of sp³-hybridized carbons (Fsp3) is 0.636. The van der Waals surface area contributed by atoms with E-state index in [9.17, 15) is 8.78 Å². The van der Waals surface area contributed by atoms with Gasteiger partial charge in [-0.25, -0.2) is 0 Å². The molecule has 2 aliphatic rings. The number of rotatable bonds is 4. The van der Waals surface area contributed by atoms with Gasteiger partial charge in [-0.1, -0.05) is 31.2 Å². The molecule has 0 atom stereocenters. The van der Waals surface area contributed by atoms with E-state index in [2.05, 4.69) is 31.2 Å². The van der Waals surface area contributed by atoms with Crippen molar-refractivity contribution in [1.29, 1.82) is 0 Å². The Labute approximate surface area is 145 Å². The first-order valence-corrected chi connectivity index (χ1v) is 9.77. The third kappa shape index (κ3) is 4.46. The first kappa shape index (κ1) is 17.6. The number of hydrogen-bond donors (Lipinski definition) is 0. The summed E-state index contributed by atoms with van der Waals surface area (Å²) in [6.07, 6.45) is 10.3. The van der Waals surface area contributed by atoms with Crippen LogP contribution in [0.1, 0.15) is 75.3 Å². The second kappa shape index (κ2) is 8.27. The van der Waals surface area contributed by atoms with E-state index >= 15 is 0 Å². The molecule has 0 unspecified atom stereocenters. The van der Waals surface area contributed by atoms with Crippen molar-refractivity contribution in [3.05, 3.63) is 47.5 Å². The standard InChI is InChI=1S/C22H30F2/c1-2-16-3-7-18(8-4-16)20-11-13-21(14-12-20)19-9-5-17(6-10-19)15-22(23)24/h3-4,7-8,15,17,19-21H,2,5-6,9-14H2,1H3. The Morgan fingerprint density at radius 2 is 1.42 bits per heavy atom. The number of aryl methyl sites for hydroxylation is 1. The Kier molecular flexibility index (Phi) is 6.08. The predicted molar refractivity (Wildman–Crippen MR) is 96.3 cm³/mol. The van der Waals surface area contributed by atoms with Gasteiger partial charge in [0.05, 0.1) is 0 Å². The van der Waals surface area contributed by atoms with Gasteiger partial charge in [-0.05, 0) is 98.7 Å². The maximum atomic E-state index is 12.4. The topological polar surface area (TPSA) is 0 Å². The molecule has 2 fully saturated rings. The van der Waals surface area contributed by atoms with Gasteiger partial charge in [0.2, 0.25) is 0 Å². The number of allylic oxidation sites excluding steroid dienone is 1. The number of hydrogen-bond acceptors (Lipinski definition) is 0. The van der Waals surface area contributed by atoms with Gasteiger partial charge in [0.25, 0.3) is 6.08 Å². The van der Waals surface area contributed by atoms with Crippen LogP contribution in [0.3, 0.4) is 0 Å². The molecular weight excluding hydrogens is 302 g/mol. The first-order chi connectivity index (χ1) is 11.7. The molecule has 0 spiro atoms. The van der Waals surface area contributed by atoms with Gasteiger partial charge in [0, 0.05) is 0 Å². The predicted octanol–water partition coefficient (Wildman–Crippen LogP) is 7.11. The quantitative estimate of drug-likeness (QED) is 0.551. The Morgan fingerprint density at radius 1 is 0.875 bits per heavy atom. The molecule has 132 valence electrons. The molecule has 3 rings (SSSR count). The molecule has 0 aliphatic heterocycles. The van der Waals surface area contributed by atoms with Crippen molar-refractivity contribution in [2.24, 2.45) is 17.8 Å². The summed E-state index contributed by atoms with van der Waals surface area (Å²) in [4.78, 5) is 0. The highest BCUT2D eigenvalue weighted by molar-refractivity contribution is 5.25. The molecule has 0 radical (unpaired) electrons. The van der Waals surface area contributed by atoms with Crippen LogP contribution < -0.4 is 0 Å². The van der Waals surface area contributed by atoms with Gasteiger partial charge < -0.3 is 0 Å². The van der Waals surface area contributed by atoms with Crippen LogP contribution in [0.15, 0.2) is 36.4 Å². The smallest absolute Gasteiger partial charge is 0.174 e. The second-order valence-corrected chi connectivity index (χ2v) is 7.84. The highest BCUT2D eigenvalue weighted by atomic mass is 19.3. The van der Waals surface area contributed by atoms with Gasteiger partial charge >= 0.3 is 0 Å². The summed E-state index contributed by atoms with van der Waals surface area (Å²) < 4.78 is 24.8. The SMILES string of the molecule is CCc1ccc(C2CCC(C3CCC(C=C(F)F)CC3)CC2)cc1. The molecule has 0 amide bonds. The molecule has 0 N–H and O–H groups in total. The van der Waals surface area contributed by atoms with E-state index in [0.717, 1.165) is 49.9 Å². The molecule has 2 heteroatoms. The van der Waals surface area contributed by atoms with E-state index < -0.39 is 6.08 Å². The van der Waals surface area contributed by atoms with Gasteiger partial charge in [-0.15, -0.1) is 0 Å². The van der Waals surface area contributed by atoms with E-state index in [4.69, 9.17) is 0 Å². The average Bonchev–Trinajstić information content (AvgIpc) is 2.62. The maximum absolute atomic E-state index is 12.4. The fourth-order valence-corrected chi connectivity index (χ4v) is 4.91. The van der Waals surface area contributed by atoms with Crippen molar-refractivity contribution in [3.63, 3.8) is 0 Å². The molecule has 1 aromatic rings. The zero-order chi connectivity index (χ0) is 16.9. The van der Waals surface area contributed by atoms with Crippen LogP contribution >= 0.6 is 0 Å². The van der Waals surface area contributed by atoms with Gasteiger partial charge in [0.1, 0.15) is 0 Å². The molecular formula is C22H30F2. The molecule has 0 saturated heterocycles. The van der Waals surface area contributed by atoms with Crippen molar-refractivity contribution in [2.45, 2.75) is 70.6 Å². The van der Waals surface area contributed by atoms with Crippen molar-refractivity contribution >= 4 is 0 Å².